The monoisotopic (exact) mass is 237 g/mol. The standard InChI is InChI=1S/C11H19N5O/c1-8-4-9(2)7-16(6-8)11(17)5-10-12-13-14-15(10)3/h8-9H,4-7H2,1-3H3. The number of aryl methyl sites for hydroxylation is 1. The van der Waals surface area contributed by atoms with E-state index in [0.717, 1.165) is 13.1 Å². The normalized spacial score (nSPS) is 25.0. The van der Waals surface area contributed by atoms with Crippen LogP contribution in [0.5, 0.6) is 0 Å². The van der Waals surface area contributed by atoms with Gasteiger partial charge in [0, 0.05) is 20.1 Å². The number of rotatable bonds is 2. The first kappa shape index (κ1) is 12.0. The van der Waals surface area contributed by atoms with Crippen LogP contribution >= 0.6 is 0 Å². The summed E-state index contributed by atoms with van der Waals surface area (Å²) in [5.74, 6) is 1.92. The van der Waals surface area contributed by atoms with Gasteiger partial charge in [0.1, 0.15) is 0 Å². The van der Waals surface area contributed by atoms with Gasteiger partial charge in [-0.3, -0.25) is 4.79 Å². The van der Waals surface area contributed by atoms with Crippen LogP contribution in [0.2, 0.25) is 0 Å². The van der Waals surface area contributed by atoms with Crippen LogP contribution in [0.25, 0.3) is 0 Å². The van der Waals surface area contributed by atoms with Crippen LogP contribution in [-0.2, 0) is 18.3 Å². The van der Waals surface area contributed by atoms with Gasteiger partial charge >= 0.3 is 0 Å². The van der Waals surface area contributed by atoms with E-state index >= 15 is 0 Å². The van der Waals surface area contributed by atoms with E-state index in [1.165, 1.54) is 6.42 Å². The Morgan fingerprint density at radius 2 is 2.00 bits per heavy atom. The highest BCUT2D eigenvalue weighted by atomic mass is 16.2. The first-order valence-corrected chi connectivity index (χ1v) is 6.05. The summed E-state index contributed by atoms with van der Waals surface area (Å²) in [6.45, 7) is 6.10. The predicted octanol–water partition coefficient (Wildman–Crippen LogP) is 0.257. The van der Waals surface area contributed by atoms with Crippen molar-refractivity contribution < 1.29 is 4.79 Å². The minimum absolute atomic E-state index is 0.126. The Morgan fingerprint density at radius 1 is 1.35 bits per heavy atom. The van der Waals surface area contributed by atoms with Gasteiger partial charge in [-0.15, -0.1) is 5.10 Å². The molecule has 0 aromatic carbocycles. The molecule has 1 aromatic heterocycles. The van der Waals surface area contributed by atoms with E-state index in [9.17, 15) is 4.79 Å². The fraction of sp³-hybridized carbons (Fsp3) is 0.818. The van der Waals surface area contributed by atoms with Crippen molar-refractivity contribution in [1.29, 1.82) is 0 Å². The summed E-state index contributed by atoms with van der Waals surface area (Å²) in [7, 11) is 1.75. The maximum atomic E-state index is 12.1. The molecule has 1 saturated heterocycles. The predicted molar refractivity (Wildman–Crippen MR) is 62.0 cm³/mol. The van der Waals surface area contributed by atoms with Crippen molar-refractivity contribution in [2.45, 2.75) is 26.7 Å². The van der Waals surface area contributed by atoms with Crippen molar-refractivity contribution in [2.24, 2.45) is 18.9 Å². The van der Waals surface area contributed by atoms with E-state index in [0.29, 0.717) is 24.1 Å². The molecule has 1 aliphatic heterocycles. The Morgan fingerprint density at radius 3 is 2.53 bits per heavy atom. The zero-order valence-corrected chi connectivity index (χ0v) is 10.6. The van der Waals surface area contributed by atoms with Gasteiger partial charge < -0.3 is 4.90 Å². The van der Waals surface area contributed by atoms with Crippen LogP contribution in [0.3, 0.4) is 0 Å². The van der Waals surface area contributed by atoms with Crippen LogP contribution in [0.1, 0.15) is 26.1 Å². The lowest BCUT2D eigenvalue weighted by atomic mass is 9.92. The van der Waals surface area contributed by atoms with E-state index < -0.39 is 0 Å². The van der Waals surface area contributed by atoms with Crippen molar-refractivity contribution in [2.75, 3.05) is 13.1 Å². The number of carbonyl (C=O) groups is 1. The third kappa shape index (κ3) is 2.81. The molecule has 2 rings (SSSR count). The molecule has 0 spiro atoms. The van der Waals surface area contributed by atoms with E-state index in [2.05, 4.69) is 29.4 Å². The van der Waals surface area contributed by atoms with Gasteiger partial charge in [-0.25, -0.2) is 4.68 Å². The molecular formula is C11H19N5O. The summed E-state index contributed by atoms with van der Waals surface area (Å²) in [5.41, 5.74) is 0. The van der Waals surface area contributed by atoms with E-state index in [4.69, 9.17) is 0 Å². The fourth-order valence-corrected chi connectivity index (χ4v) is 2.51. The van der Waals surface area contributed by atoms with E-state index in [1.54, 1.807) is 11.7 Å². The van der Waals surface area contributed by atoms with Crippen molar-refractivity contribution in [3.05, 3.63) is 5.82 Å². The number of hydrogen-bond acceptors (Lipinski definition) is 4. The number of nitrogens with zero attached hydrogens (tertiary/aromatic N) is 5. The third-order valence-corrected chi connectivity index (χ3v) is 3.24. The minimum atomic E-state index is 0.126. The quantitative estimate of drug-likeness (QED) is 0.740. The highest BCUT2D eigenvalue weighted by molar-refractivity contribution is 5.78. The molecule has 0 bridgehead atoms. The zero-order valence-electron chi connectivity index (χ0n) is 10.6. The SMILES string of the molecule is CC1CC(C)CN(C(=O)Cc2nnnn2C)C1. The second-order valence-electron chi connectivity index (χ2n) is 5.14. The summed E-state index contributed by atoms with van der Waals surface area (Å²) < 4.78 is 1.55. The number of amides is 1. The topological polar surface area (TPSA) is 63.9 Å². The Balaban J connectivity index is 1.98. The van der Waals surface area contributed by atoms with Gasteiger partial charge in [0.2, 0.25) is 5.91 Å². The van der Waals surface area contributed by atoms with Crippen LogP contribution in [-0.4, -0.2) is 44.1 Å². The first-order chi connectivity index (χ1) is 8.06. The number of carbonyl (C=O) groups excluding carboxylic acids is 1. The Hall–Kier alpha value is -1.46. The highest BCUT2D eigenvalue weighted by Gasteiger charge is 2.26. The maximum absolute atomic E-state index is 12.1. The van der Waals surface area contributed by atoms with Crippen LogP contribution in [0.4, 0.5) is 0 Å². The Labute approximate surface area is 101 Å². The molecule has 1 fully saturated rings. The molecule has 2 unspecified atom stereocenters. The lowest BCUT2D eigenvalue weighted by Gasteiger charge is -2.34. The van der Waals surface area contributed by atoms with Crippen LogP contribution < -0.4 is 0 Å². The average molecular weight is 237 g/mol. The molecule has 0 N–H and O–H groups in total. The van der Waals surface area contributed by atoms with Crippen molar-refractivity contribution >= 4 is 5.91 Å². The van der Waals surface area contributed by atoms with E-state index in [-0.39, 0.29) is 5.91 Å². The molecular weight excluding hydrogens is 218 g/mol. The van der Waals surface area contributed by atoms with Gasteiger partial charge in [-0.2, -0.15) is 0 Å². The molecule has 2 atom stereocenters. The number of aromatic nitrogens is 4. The fourth-order valence-electron chi connectivity index (χ4n) is 2.51. The largest absolute Gasteiger partial charge is 0.342 e. The smallest absolute Gasteiger partial charge is 0.230 e. The van der Waals surface area contributed by atoms with Gasteiger partial charge in [0.15, 0.2) is 5.82 Å². The Bertz CT molecular complexity index is 392. The van der Waals surface area contributed by atoms with Gasteiger partial charge in [-0.1, -0.05) is 13.8 Å². The van der Waals surface area contributed by atoms with Gasteiger partial charge in [-0.05, 0) is 28.7 Å². The minimum Gasteiger partial charge on any atom is -0.342 e. The molecule has 6 nitrogen and oxygen atoms in total. The average Bonchev–Trinajstić information content (AvgIpc) is 2.63. The molecule has 1 aliphatic rings. The first-order valence-electron chi connectivity index (χ1n) is 6.05. The summed E-state index contributed by atoms with van der Waals surface area (Å²) in [6.07, 6.45) is 1.50. The summed E-state index contributed by atoms with van der Waals surface area (Å²) in [6, 6.07) is 0. The molecule has 0 radical (unpaired) electrons. The summed E-state index contributed by atoms with van der Waals surface area (Å²) >= 11 is 0. The zero-order chi connectivity index (χ0) is 12.4. The lowest BCUT2D eigenvalue weighted by Crippen LogP contribution is -2.43. The van der Waals surface area contributed by atoms with Crippen molar-refractivity contribution in [3.63, 3.8) is 0 Å². The second-order valence-corrected chi connectivity index (χ2v) is 5.14. The molecule has 17 heavy (non-hydrogen) atoms. The number of hydrogen-bond donors (Lipinski definition) is 0. The summed E-state index contributed by atoms with van der Waals surface area (Å²) in [5, 5.41) is 11.1. The third-order valence-electron chi connectivity index (χ3n) is 3.24. The van der Waals surface area contributed by atoms with Crippen LogP contribution in [0.15, 0.2) is 0 Å². The molecule has 94 valence electrons. The molecule has 0 saturated carbocycles. The number of likely N-dealkylation sites (tertiary alicyclic amines) is 1. The summed E-state index contributed by atoms with van der Waals surface area (Å²) in [4.78, 5) is 14.1. The van der Waals surface area contributed by atoms with Crippen molar-refractivity contribution in [1.82, 2.24) is 25.1 Å². The molecule has 0 aliphatic carbocycles. The Kier molecular flexibility index (Phi) is 3.40. The lowest BCUT2D eigenvalue weighted by molar-refractivity contribution is -0.133. The van der Waals surface area contributed by atoms with Crippen molar-refractivity contribution in [3.8, 4) is 0 Å². The number of piperidine rings is 1. The second kappa shape index (κ2) is 4.81. The molecule has 1 aromatic rings. The molecule has 2 heterocycles. The number of tetrazole rings is 1. The van der Waals surface area contributed by atoms with E-state index in [1.807, 2.05) is 4.90 Å². The highest BCUT2D eigenvalue weighted by Crippen LogP contribution is 2.21. The molecule has 6 heteroatoms. The van der Waals surface area contributed by atoms with Crippen LogP contribution in [0, 0.1) is 11.8 Å². The van der Waals surface area contributed by atoms with Gasteiger partial charge in [0.25, 0.3) is 0 Å². The maximum Gasteiger partial charge on any atom is 0.230 e. The molecule has 1 amide bonds. The van der Waals surface area contributed by atoms with Gasteiger partial charge in [0.05, 0.1) is 6.42 Å².